The maximum Gasteiger partial charge on any atom is 0.232 e. The molecule has 5 nitrogen and oxygen atoms in total. The fraction of sp³-hybridized carbons (Fsp3) is 1.00. The van der Waals surface area contributed by atoms with Crippen molar-refractivity contribution < 1.29 is 23.7 Å². The van der Waals surface area contributed by atoms with Gasteiger partial charge in [-0.15, -0.1) is 0 Å². The quantitative estimate of drug-likeness (QED) is 0.347. The van der Waals surface area contributed by atoms with Gasteiger partial charge in [-0.3, -0.25) is 0 Å². The lowest BCUT2D eigenvalue weighted by Gasteiger charge is -2.10. The van der Waals surface area contributed by atoms with Gasteiger partial charge in [0.1, 0.15) is 0 Å². The molecule has 0 aliphatic rings. The summed E-state index contributed by atoms with van der Waals surface area (Å²) in [5, 5.41) is 8.49. The van der Waals surface area contributed by atoms with Gasteiger partial charge >= 0.3 is 0 Å². The smallest absolute Gasteiger partial charge is 0.232 e. The summed E-state index contributed by atoms with van der Waals surface area (Å²) < 4.78 is 21.3. The number of hydrogen-bond acceptors (Lipinski definition) is 5. The highest BCUT2D eigenvalue weighted by Crippen LogP contribution is 2.11. The molecule has 20 heavy (non-hydrogen) atoms. The third-order valence-corrected chi connectivity index (χ3v) is 3.65. The predicted molar refractivity (Wildman–Crippen MR) is 80.2 cm³/mol. The first-order chi connectivity index (χ1) is 9.81. The zero-order valence-electron chi connectivity index (χ0n) is 12.9. The molecule has 0 spiro atoms. The number of hydrogen-bond donors (Lipinski definition) is 1. The molecular weight excluding hydrogens is 276 g/mol. The molecule has 1 N–H and O–H groups in total. The SMILES string of the molecule is CCCCC(C)[Si]OCCOCCOCCOCCO. The van der Waals surface area contributed by atoms with E-state index in [1.807, 2.05) is 0 Å². The summed E-state index contributed by atoms with van der Waals surface area (Å²) in [7, 11) is 0.579. The zero-order valence-corrected chi connectivity index (χ0v) is 13.9. The van der Waals surface area contributed by atoms with Gasteiger partial charge in [0, 0.05) is 0 Å². The third kappa shape index (κ3) is 16.1. The average Bonchev–Trinajstić information content (AvgIpc) is 2.46. The highest BCUT2D eigenvalue weighted by atomic mass is 28.2. The van der Waals surface area contributed by atoms with E-state index in [4.69, 9.17) is 23.7 Å². The molecular formula is C14H30O5Si. The van der Waals surface area contributed by atoms with Gasteiger partial charge < -0.3 is 23.7 Å². The van der Waals surface area contributed by atoms with Gasteiger partial charge in [0.2, 0.25) is 9.76 Å². The van der Waals surface area contributed by atoms with Crippen LogP contribution < -0.4 is 0 Å². The molecule has 2 radical (unpaired) electrons. The number of rotatable bonds is 16. The molecule has 0 aromatic rings. The molecule has 0 amide bonds. The van der Waals surface area contributed by atoms with Crippen LogP contribution in [0.4, 0.5) is 0 Å². The van der Waals surface area contributed by atoms with E-state index in [2.05, 4.69) is 13.8 Å². The Hall–Kier alpha value is 0.0169. The van der Waals surface area contributed by atoms with Crippen molar-refractivity contribution >= 4 is 9.76 Å². The Morgan fingerprint density at radius 2 is 1.45 bits per heavy atom. The first kappa shape index (κ1) is 20.0. The molecule has 0 aliphatic heterocycles. The first-order valence-corrected chi connectivity index (χ1v) is 8.51. The highest BCUT2D eigenvalue weighted by molar-refractivity contribution is 6.29. The maximum absolute atomic E-state index is 8.49. The third-order valence-electron chi connectivity index (χ3n) is 2.58. The molecule has 0 rings (SSSR count). The fourth-order valence-corrected chi connectivity index (χ4v) is 2.29. The molecule has 0 saturated carbocycles. The Balaban J connectivity index is 3.02. The molecule has 0 aromatic carbocycles. The lowest BCUT2D eigenvalue weighted by molar-refractivity contribution is 0.00365. The van der Waals surface area contributed by atoms with Gasteiger partial charge in [0.05, 0.1) is 52.9 Å². The predicted octanol–water partition coefficient (Wildman–Crippen LogP) is 1.66. The van der Waals surface area contributed by atoms with Crippen molar-refractivity contribution in [3.63, 3.8) is 0 Å². The normalized spacial score (nSPS) is 12.8. The van der Waals surface area contributed by atoms with Crippen molar-refractivity contribution in [3.8, 4) is 0 Å². The van der Waals surface area contributed by atoms with Crippen LogP contribution in [0.1, 0.15) is 33.1 Å². The Labute approximate surface area is 125 Å². The van der Waals surface area contributed by atoms with Crippen LogP contribution in [0, 0.1) is 0 Å². The minimum atomic E-state index is 0.0564. The Kier molecular flexibility index (Phi) is 17.1. The molecule has 0 saturated heterocycles. The van der Waals surface area contributed by atoms with Gasteiger partial charge in [-0.2, -0.15) is 0 Å². The summed E-state index contributed by atoms with van der Waals surface area (Å²) in [6.07, 6.45) is 3.79. The molecule has 0 fully saturated rings. The van der Waals surface area contributed by atoms with Crippen LogP contribution in [0.15, 0.2) is 0 Å². The van der Waals surface area contributed by atoms with Gasteiger partial charge in [-0.1, -0.05) is 33.1 Å². The topological polar surface area (TPSA) is 57.2 Å². The Morgan fingerprint density at radius 1 is 0.900 bits per heavy atom. The van der Waals surface area contributed by atoms with Crippen molar-refractivity contribution in [3.05, 3.63) is 0 Å². The summed E-state index contributed by atoms with van der Waals surface area (Å²) in [4.78, 5) is 0. The monoisotopic (exact) mass is 306 g/mol. The van der Waals surface area contributed by atoms with E-state index in [1.165, 1.54) is 19.3 Å². The van der Waals surface area contributed by atoms with Crippen LogP contribution in [0.5, 0.6) is 0 Å². The molecule has 120 valence electrons. The zero-order chi connectivity index (χ0) is 14.9. The van der Waals surface area contributed by atoms with Gasteiger partial charge in [-0.05, 0) is 5.54 Å². The molecule has 1 atom stereocenters. The summed E-state index contributed by atoms with van der Waals surface area (Å²) in [5.74, 6) is 0. The lowest BCUT2D eigenvalue weighted by Crippen LogP contribution is -2.14. The fourth-order valence-electron chi connectivity index (χ4n) is 1.48. The summed E-state index contributed by atoms with van der Waals surface area (Å²) in [6, 6.07) is 0. The van der Waals surface area contributed by atoms with E-state index in [0.717, 1.165) is 0 Å². The summed E-state index contributed by atoms with van der Waals surface area (Å²) >= 11 is 0. The average molecular weight is 306 g/mol. The van der Waals surface area contributed by atoms with Crippen molar-refractivity contribution in [2.45, 2.75) is 38.7 Å². The lowest BCUT2D eigenvalue weighted by atomic mass is 10.2. The first-order valence-electron chi connectivity index (χ1n) is 7.52. The molecule has 0 aromatic heterocycles. The van der Waals surface area contributed by atoms with Crippen molar-refractivity contribution in [2.75, 3.05) is 52.9 Å². The summed E-state index contributed by atoms with van der Waals surface area (Å²) in [6.45, 7) is 8.36. The van der Waals surface area contributed by atoms with E-state index in [0.29, 0.717) is 61.6 Å². The van der Waals surface area contributed by atoms with E-state index >= 15 is 0 Å². The second kappa shape index (κ2) is 17.1. The maximum atomic E-state index is 8.49. The Morgan fingerprint density at radius 3 is 2.00 bits per heavy atom. The summed E-state index contributed by atoms with van der Waals surface area (Å²) in [5.41, 5.74) is 0.664. The van der Waals surface area contributed by atoms with E-state index in [1.54, 1.807) is 0 Å². The molecule has 6 heteroatoms. The van der Waals surface area contributed by atoms with Crippen LogP contribution in [-0.2, 0) is 18.6 Å². The van der Waals surface area contributed by atoms with Crippen LogP contribution in [0.25, 0.3) is 0 Å². The van der Waals surface area contributed by atoms with E-state index in [9.17, 15) is 0 Å². The van der Waals surface area contributed by atoms with Crippen LogP contribution >= 0.6 is 0 Å². The van der Waals surface area contributed by atoms with Crippen LogP contribution in [0.3, 0.4) is 0 Å². The van der Waals surface area contributed by atoms with Gasteiger partial charge in [-0.25, -0.2) is 0 Å². The van der Waals surface area contributed by atoms with Gasteiger partial charge in [0.25, 0.3) is 0 Å². The molecule has 1 unspecified atom stereocenters. The number of aliphatic hydroxyl groups is 1. The Bertz CT molecular complexity index is 183. The van der Waals surface area contributed by atoms with E-state index in [-0.39, 0.29) is 6.61 Å². The van der Waals surface area contributed by atoms with Gasteiger partial charge in [0.15, 0.2) is 0 Å². The van der Waals surface area contributed by atoms with Crippen molar-refractivity contribution in [2.24, 2.45) is 0 Å². The second-order valence-corrected chi connectivity index (χ2v) is 6.08. The number of aliphatic hydroxyl groups excluding tert-OH is 1. The van der Waals surface area contributed by atoms with Crippen LogP contribution in [-0.4, -0.2) is 67.7 Å². The van der Waals surface area contributed by atoms with E-state index < -0.39 is 0 Å². The molecule has 0 heterocycles. The highest BCUT2D eigenvalue weighted by Gasteiger charge is 2.03. The largest absolute Gasteiger partial charge is 0.415 e. The number of ether oxygens (including phenoxy) is 3. The standard InChI is InChI=1S/C14H30O5Si/c1-3-4-5-14(2)20-19-13-12-18-11-10-17-9-8-16-7-6-15/h14-15H,3-13H2,1-2H3. The second-order valence-electron chi connectivity index (χ2n) is 4.57. The van der Waals surface area contributed by atoms with Crippen LogP contribution in [0.2, 0.25) is 5.54 Å². The minimum absolute atomic E-state index is 0.0564. The number of unbranched alkanes of at least 4 members (excludes halogenated alkanes) is 1. The molecule has 0 bridgehead atoms. The minimum Gasteiger partial charge on any atom is -0.415 e. The van der Waals surface area contributed by atoms with Crippen molar-refractivity contribution in [1.29, 1.82) is 0 Å². The molecule has 0 aliphatic carbocycles. The van der Waals surface area contributed by atoms with Crippen molar-refractivity contribution in [1.82, 2.24) is 0 Å².